The molecular formula is C14H17NO3. The fourth-order valence-electron chi connectivity index (χ4n) is 2.55. The Morgan fingerprint density at radius 2 is 1.94 bits per heavy atom. The number of likely N-dealkylation sites (tertiary alicyclic amines) is 1. The third-order valence-electron chi connectivity index (χ3n) is 3.25. The zero-order valence-corrected chi connectivity index (χ0v) is 10.6. The number of carbonyl (C=O) groups is 2. The van der Waals surface area contributed by atoms with Crippen LogP contribution in [-0.2, 0) is 16.1 Å². The van der Waals surface area contributed by atoms with Crippen molar-refractivity contribution < 1.29 is 14.7 Å². The zero-order chi connectivity index (χ0) is 13.3. The average Bonchev–Trinajstić information content (AvgIpc) is 2.59. The third-order valence-corrected chi connectivity index (χ3v) is 3.25. The van der Waals surface area contributed by atoms with Gasteiger partial charge in [0.1, 0.15) is 6.04 Å². The minimum absolute atomic E-state index is 0.0680. The van der Waals surface area contributed by atoms with Gasteiger partial charge in [-0.1, -0.05) is 29.3 Å². The van der Waals surface area contributed by atoms with Gasteiger partial charge in [-0.25, -0.2) is 4.79 Å². The number of carboxylic acids is 1. The summed E-state index contributed by atoms with van der Waals surface area (Å²) >= 11 is 0. The van der Waals surface area contributed by atoms with Gasteiger partial charge in [-0.15, -0.1) is 0 Å². The lowest BCUT2D eigenvalue weighted by Gasteiger charge is -2.22. The Morgan fingerprint density at radius 1 is 1.33 bits per heavy atom. The molecule has 0 radical (unpaired) electrons. The minimum atomic E-state index is -0.912. The minimum Gasteiger partial charge on any atom is -0.480 e. The van der Waals surface area contributed by atoms with Gasteiger partial charge in [0.25, 0.3) is 0 Å². The standard InChI is InChI=1S/C14H17NO3/c1-9-5-10(2)7-11(6-9)8-15-12(14(17)18)3-4-13(15)16/h5-7,12H,3-4,8H2,1-2H3,(H,17,18). The first-order chi connectivity index (χ1) is 8.47. The molecule has 0 spiro atoms. The van der Waals surface area contributed by atoms with Crippen molar-refractivity contribution in [2.45, 2.75) is 39.3 Å². The Balaban J connectivity index is 2.21. The number of carboxylic acid groups (broad SMARTS) is 1. The van der Waals surface area contributed by atoms with E-state index in [1.807, 2.05) is 26.0 Å². The monoisotopic (exact) mass is 247 g/mol. The molecule has 18 heavy (non-hydrogen) atoms. The summed E-state index contributed by atoms with van der Waals surface area (Å²) < 4.78 is 0. The van der Waals surface area contributed by atoms with Crippen LogP contribution < -0.4 is 0 Å². The summed E-state index contributed by atoms with van der Waals surface area (Å²) in [6.45, 7) is 4.38. The highest BCUT2D eigenvalue weighted by atomic mass is 16.4. The third kappa shape index (κ3) is 2.53. The maximum absolute atomic E-state index is 11.7. The van der Waals surface area contributed by atoms with Crippen LogP contribution in [0.3, 0.4) is 0 Å². The summed E-state index contributed by atoms with van der Waals surface area (Å²) in [5.41, 5.74) is 3.25. The molecule has 1 aromatic rings. The van der Waals surface area contributed by atoms with Crippen LogP contribution in [0, 0.1) is 13.8 Å². The van der Waals surface area contributed by atoms with Crippen LogP contribution in [0.2, 0.25) is 0 Å². The van der Waals surface area contributed by atoms with Crippen LogP contribution in [0.25, 0.3) is 0 Å². The molecule has 1 N–H and O–H groups in total. The summed E-state index contributed by atoms with van der Waals surface area (Å²) in [6, 6.07) is 5.39. The Hall–Kier alpha value is -1.84. The first-order valence-electron chi connectivity index (χ1n) is 6.07. The number of rotatable bonds is 3. The predicted octanol–water partition coefficient (Wildman–Crippen LogP) is 1.88. The molecule has 4 nitrogen and oxygen atoms in total. The molecule has 1 heterocycles. The van der Waals surface area contributed by atoms with Gasteiger partial charge in [-0.3, -0.25) is 4.79 Å². The van der Waals surface area contributed by atoms with Crippen LogP contribution in [0.4, 0.5) is 0 Å². The summed E-state index contributed by atoms with van der Waals surface area (Å²) in [6.07, 6.45) is 0.751. The normalized spacial score (nSPS) is 19.3. The molecule has 2 rings (SSSR count). The molecule has 1 saturated heterocycles. The first-order valence-corrected chi connectivity index (χ1v) is 6.07. The van der Waals surface area contributed by atoms with Crippen molar-refractivity contribution in [3.63, 3.8) is 0 Å². The number of amides is 1. The number of aryl methyl sites for hydroxylation is 2. The molecule has 0 bridgehead atoms. The lowest BCUT2D eigenvalue weighted by atomic mass is 10.1. The van der Waals surface area contributed by atoms with Crippen molar-refractivity contribution in [3.8, 4) is 0 Å². The lowest BCUT2D eigenvalue weighted by Crippen LogP contribution is -2.37. The van der Waals surface area contributed by atoms with Crippen molar-refractivity contribution in [2.75, 3.05) is 0 Å². The van der Waals surface area contributed by atoms with Gasteiger partial charge < -0.3 is 10.0 Å². The predicted molar refractivity (Wildman–Crippen MR) is 67.1 cm³/mol. The average molecular weight is 247 g/mol. The van der Waals surface area contributed by atoms with E-state index in [4.69, 9.17) is 5.11 Å². The molecule has 1 atom stereocenters. The van der Waals surface area contributed by atoms with Crippen LogP contribution in [-0.4, -0.2) is 27.9 Å². The fourth-order valence-corrected chi connectivity index (χ4v) is 2.55. The highest BCUT2D eigenvalue weighted by Crippen LogP contribution is 2.22. The summed E-state index contributed by atoms with van der Waals surface area (Å²) in [5.74, 6) is -0.980. The van der Waals surface area contributed by atoms with Crippen LogP contribution in [0.15, 0.2) is 18.2 Å². The second-order valence-corrected chi connectivity index (χ2v) is 4.91. The van der Waals surface area contributed by atoms with E-state index in [1.54, 1.807) is 0 Å². The van der Waals surface area contributed by atoms with Crippen LogP contribution >= 0.6 is 0 Å². The van der Waals surface area contributed by atoms with E-state index in [0.717, 1.165) is 16.7 Å². The molecule has 0 aliphatic carbocycles. The quantitative estimate of drug-likeness (QED) is 0.887. The van der Waals surface area contributed by atoms with Gasteiger partial charge in [0, 0.05) is 13.0 Å². The molecule has 1 unspecified atom stereocenters. The van der Waals surface area contributed by atoms with Crippen LogP contribution in [0.5, 0.6) is 0 Å². The number of hydrogen-bond acceptors (Lipinski definition) is 2. The summed E-state index contributed by atoms with van der Waals surface area (Å²) in [7, 11) is 0. The van der Waals surface area contributed by atoms with Crippen molar-refractivity contribution in [3.05, 3.63) is 34.9 Å². The molecule has 1 fully saturated rings. The largest absolute Gasteiger partial charge is 0.480 e. The molecule has 1 aliphatic heterocycles. The lowest BCUT2D eigenvalue weighted by molar-refractivity contribution is -0.146. The molecule has 4 heteroatoms. The smallest absolute Gasteiger partial charge is 0.326 e. The van der Waals surface area contributed by atoms with E-state index >= 15 is 0 Å². The van der Waals surface area contributed by atoms with Crippen molar-refractivity contribution in [2.24, 2.45) is 0 Å². The Bertz CT molecular complexity index is 476. The Kier molecular flexibility index (Phi) is 3.36. The SMILES string of the molecule is Cc1cc(C)cc(CN2C(=O)CCC2C(=O)O)c1. The number of aliphatic carboxylic acids is 1. The van der Waals surface area contributed by atoms with Crippen molar-refractivity contribution in [1.82, 2.24) is 4.90 Å². The highest BCUT2D eigenvalue weighted by Gasteiger charge is 2.35. The van der Waals surface area contributed by atoms with Gasteiger partial charge in [-0.05, 0) is 25.8 Å². The van der Waals surface area contributed by atoms with E-state index in [1.165, 1.54) is 4.90 Å². The van der Waals surface area contributed by atoms with Gasteiger partial charge in [-0.2, -0.15) is 0 Å². The number of nitrogens with zero attached hydrogens (tertiary/aromatic N) is 1. The molecule has 1 aliphatic rings. The fraction of sp³-hybridized carbons (Fsp3) is 0.429. The first kappa shape index (κ1) is 12.6. The topological polar surface area (TPSA) is 57.6 Å². The molecule has 1 amide bonds. The second kappa shape index (κ2) is 4.80. The summed E-state index contributed by atoms with van der Waals surface area (Å²) in [5, 5.41) is 9.09. The number of benzene rings is 1. The van der Waals surface area contributed by atoms with E-state index in [0.29, 0.717) is 19.4 Å². The molecular weight excluding hydrogens is 230 g/mol. The van der Waals surface area contributed by atoms with E-state index in [9.17, 15) is 9.59 Å². The van der Waals surface area contributed by atoms with Gasteiger partial charge >= 0.3 is 5.97 Å². The molecule has 0 aromatic heterocycles. The Labute approximate surface area is 106 Å². The van der Waals surface area contributed by atoms with Crippen LogP contribution in [0.1, 0.15) is 29.5 Å². The number of hydrogen-bond donors (Lipinski definition) is 1. The highest BCUT2D eigenvalue weighted by molar-refractivity contribution is 5.87. The second-order valence-electron chi connectivity index (χ2n) is 4.91. The maximum Gasteiger partial charge on any atom is 0.326 e. The molecule has 96 valence electrons. The van der Waals surface area contributed by atoms with Crippen molar-refractivity contribution in [1.29, 1.82) is 0 Å². The van der Waals surface area contributed by atoms with E-state index in [2.05, 4.69) is 6.07 Å². The summed E-state index contributed by atoms with van der Waals surface area (Å²) in [4.78, 5) is 24.3. The maximum atomic E-state index is 11.7. The number of carbonyl (C=O) groups excluding carboxylic acids is 1. The van der Waals surface area contributed by atoms with Gasteiger partial charge in [0.05, 0.1) is 0 Å². The Morgan fingerprint density at radius 3 is 2.50 bits per heavy atom. The van der Waals surface area contributed by atoms with Crippen molar-refractivity contribution >= 4 is 11.9 Å². The zero-order valence-electron chi connectivity index (χ0n) is 10.6. The molecule has 1 aromatic carbocycles. The molecule has 0 saturated carbocycles. The van der Waals surface area contributed by atoms with Gasteiger partial charge in [0.15, 0.2) is 0 Å². The van der Waals surface area contributed by atoms with E-state index < -0.39 is 12.0 Å². The van der Waals surface area contributed by atoms with Gasteiger partial charge in [0.2, 0.25) is 5.91 Å². The van der Waals surface area contributed by atoms with E-state index in [-0.39, 0.29) is 5.91 Å².